The molecule has 3 nitrogen and oxygen atoms in total. The highest BCUT2D eigenvalue weighted by Gasteiger charge is 1.94. The third-order valence-corrected chi connectivity index (χ3v) is 0.740. The lowest BCUT2D eigenvalue weighted by atomic mass is 10.7. The van der Waals surface area contributed by atoms with Gasteiger partial charge in [-0.05, 0) is 6.92 Å². The third-order valence-electron chi connectivity index (χ3n) is 0.604. The Labute approximate surface area is 59.4 Å². The van der Waals surface area contributed by atoms with Gasteiger partial charge in [-0.15, -0.1) is 0 Å². The van der Waals surface area contributed by atoms with Crippen LogP contribution in [0.5, 0.6) is 0 Å². The second-order valence-corrected chi connectivity index (χ2v) is 1.63. The number of carbonyl (C=O) groups is 1. The lowest BCUT2D eigenvalue weighted by Gasteiger charge is -1.99. The Hall–Kier alpha value is -0.640. The number of ether oxygens (including phenoxy) is 1. The van der Waals surface area contributed by atoms with Crippen molar-refractivity contribution in [3.05, 3.63) is 0 Å². The van der Waals surface area contributed by atoms with Crippen LogP contribution in [0.1, 0.15) is 6.92 Å². The molecule has 0 aliphatic heterocycles. The number of alkyl carbamates (subject to hydrolysis) is 1. The Bertz CT molecular complexity index is 105. The minimum Gasteiger partial charge on any atom is -0.444 e. The van der Waals surface area contributed by atoms with Crippen molar-refractivity contribution in [3.63, 3.8) is 0 Å². The maximum Gasteiger partial charge on any atom is 0.407 e. The molecule has 1 N–H and O–H groups in total. The van der Waals surface area contributed by atoms with E-state index in [2.05, 4.69) is 22.3 Å². The van der Waals surface area contributed by atoms with Crippen LogP contribution in [-0.2, 0) is 4.74 Å². The molecule has 0 bridgehead atoms. The zero-order valence-corrected chi connectivity index (χ0v) is 6.03. The first-order valence-corrected chi connectivity index (χ1v) is 3.12. The molecule has 0 fully saturated rings. The van der Waals surface area contributed by atoms with E-state index in [9.17, 15) is 4.79 Å². The average Bonchev–Trinajstić information content (AvgIpc) is 1.85. The molecule has 0 atom stereocenters. The van der Waals surface area contributed by atoms with Crippen molar-refractivity contribution in [2.24, 2.45) is 0 Å². The standard InChI is InChI=1S/C5H9NO2S/c1-2-6-5(7)8-3-4-9/h4H,2-3H2,1H3,(H,6,7). The topological polar surface area (TPSA) is 38.3 Å². The largest absolute Gasteiger partial charge is 0.444 e. The van der Waals surface area contributed by atoms with E-state index in [1.54, 1.807) is 0 Å². The summed E-state index contributed by atoms with van der Waals surface area (Å²) in [5.74, 6) is 0. The normalized spacial score (nSPS) is 8.11. The number of carbonyl (C=O) groups excluding carboxylic acids is 1. The summed E-state index contributed by atoms with van der Waals surface area (Å²) in [6.07, 6.45) is -0.418. The molecule has 52 valence electrons. The van der Waals surface area contributed by atoms with Gasteiger partial charge in [0.25, 0.3) is 0 Å². The Morgan fingerprint density at radius 1 is 1.89 bits per heavy atom. The molecule has 0 saturated carbocycles. The number of hydrogen-bond acceptors (Lipinski definition) is 3. The number of amides is 1. The van der Waals surface area contributed by atoms with Gasteiger partial charge in [0.1, 0.15) is 6.61 Å². The van der Waals surface area contributed by atoms with Crippen LogP contribution in [0.2, 0.25) is 0 Å². The maximum atomic E-state index is 10.4. The smallest absolute Gasteiger partial charge is 0.407 e. The van der Waals surface area contributed by atoms with Crippen LogP contribution in [0.15, 0.2) is 0 Å². The van der Waals surface area contributed by atoms with Crippen molar-refractivity contribution in [2.45, 2.75) is 6.92 Å². The van der Waals surface area contributed by atoms with Crippen molar-refractivity contribution in [1.82, 2.24) is 5.32 Å². The van der Waals surface area contributed by atoms with Gasteiger partial charge in [-0.3, -0.25) is 0 Å². The van der Waals surface area contributed by atoms with E-state index in [1.165, 1.54) is 5.37 Å². The average molecular weight is 147 g/mol. The highest BCUT2D eigenvalue weighted by atomic mass is 32.1. The van der Waals surface area contributed by atoms with Crippen LogP contribution in [-0.4, -0.2) is 24.6 Å². The first-order valence-electron chi connectivity index (χ1n) is 2.65. The van der Waals surface area contributed by atoms with Gasteiger partial charge in [-0.1, -0.05) is 12.2 Å². The molecule has 4 heteroatoms. The summed E-state index contributed by atoms with van der Waals surface area (Å²) in [6.45, 7) is 2.59. The summed E-state index contributed by atoms with van der Waals surface area (Å²) < 4.78 is 4.52. The molecule has 0 rings (SSSR count). The highest BCUT2D eigenvalue weighted by Crippen LogP contribution is 1.73. The van der Waals surface area contributed by atoms with E-state index >= 15 is 0 Å². The van der Waals surface area contributed by atoms with E-state index in [0.29, 0.717) is 6.54 Å². The lowest BCUT2D eigenvalue weighted by Crippen LogP contribution is -2.24. The third kappa shape index (κ3) is 5.23. The minimum atomic E-state index is -0.418. The molecule has 0 heterocycles. The van der Waals surface area contributed by atoms with Crippen LogP contribution in [0.4, 0.5) is 4.79 Å². The summed E-state index contributed by atoms with van der Waals surface area (Å²) in [4.78, 5) is 10.4. The monoisotopic (exact) mass is 147 g/mol. The fourth-order valence-corrected chi connectivity index (χ4v) is 0.373. The maximum absolute atomic E-state index is 10.4. The Morgan fingerprint density at radius 3 is 3.00 bits per heavy atom. The van der Waals surface area contributed by atoms with Crippen LogP contribution < -0.4 is 5.32 Å². The van der Waals surface area contributed by atoms with Crippen molar-refractivity contribution in [2.75, 3.05) is 13.2 Å². The van der Waals surface area contributed by atoms with Gasteiger partial charge in [0.2, 0.25) is 0 Å². The SMILES string of the molecule is CCNC(=O)OCC=S. The van der Waals surface area contributed by atoms with Gasteiger partial charge in [0.05, 0.1) is 0 Å². The van der Waals surface area contributed by atoms with Crippen molar-refractivity contribution in [1.29, 1.82) is 0 Å². The molecule has 0 aliphatic rings. The van der Waals surface area contributed by atoms with E-state index in [4.69, 9.17) is 0 Å². The van der Waals surface area contributed by atoms with E-state index < -0.39 is 6.09 Å². The van der Waals surface area contributed by atoms with Gasteiger partial charge >= 0.3 is 6.09 Å². The molecular weight excluding hydrogens is 138 g/mol. The molecule has 0 unspecified atom stereocenters. The van der Waals surface area contributed by atoms with Crippen LogP contribution in [0, 0.1) is 0 Å². The number of rotatable bonds is 3. The number of nitrogens with one attached hydrogen (secondary N) is 1. The van der Waals surface area contributed by atoms with Gasteiger partial charge in [0.15, 0.2) is 0 Å². The summed E-state index contributed by atoms with van der Waals surface area (Å²) in [7, 11) is 0. The quantitative estimate of drug-likeness (QED) is 0.598. The fraction of sp³-hybridized carbons (Fsp3) is 0.600. The Balaban J connectivity index is 3.16. The zero-order valence-electron chi connectivity index (χ0n) is 5.22. The van der Waals surface area contributed by atoms with Gasteiger partial charge in [-0.25, -0.2) is 4.79 Å². The minimum absolute atomic E-state index is 0.196. The fourth-order valence-electron chi connectivity index (χ4n) is 0.305. The molecule has 0 aliphatic carbocycles. The zero-order chi connectivity index (χ0) is 7.11. The van der Waals surface area contributed by atoms with Gasteiger partial charge in [0, 0.05) is 11.9 Å². The van der Waals surface area contributed by atoms with Crippen molar-refractivity contribution < 1.29 is 9.53 Å². The van der Waals surface area contributed by atoms with Gasteiger partial charge < -0.3 is 10.1 Å². The van der Waals surface area contributed by atoms with Crippen LogP contribution in [0.25, 0.3) is 0 Å². The predicted octanol–water partition coefficient (Wildman–Crippen LogP) is 0.732. The molecular formula is C5H9NO2S. The lowest BCUT2D eigenvalue weighted by molar-refractivity contribution is 0.164. The first-order chi connectivity index (χ1) is 4.31. The second-order valence-electron chi connectivity index (χ2n) is 1.30. The van der Waals surface area contributed by atoms with Crippen LogP contribution in [0.3, 0.4) is 0 Å². The molecule has 0 radical (unpaired) electrons. The highest BCUT2D eigenvalue weighted by molar-refractivity contribution is 7.79. The molecule has 0 aromatic rings. The summed E-state index contributed by atoms with van der Waals surface area (Å²) in [5, 5.41) is 3.81. The Kier molecular flexibility index (Phi) is 5.11. The molecule has 0 spiro atoms. The molecule has 1 amide bonds. The summed E-state index contributed by atoms with van der Waals surface area (Å²) >= 11 is 4.42. The van der Waals surface area contributed by atoms with E-state index in [0.717, 1.165) is 0 Å². The van der Waals surface area contributed by atoms with Crippen molar-refractivity contribution >= 4 is 23.7 Å². The molecule has 0 saturated heterocycles. The predicted molar refractivity (Wildman–Crippen MR) is 38.7 cm³/mol. The van der Waals surface area contributed by atoms with Crippen molar-refractivity contribution in [3.8, 4) is 0 Å². The van der Waals surface area contributed by atoms with Crippen LogP contribution >= 0.6 is 12.2 Å². The van der Waals surface area contributed by atoms with Gasteiger partial charge in [-0.2, -0.15) is 0 Å². The van der Waals surface area contributed by atoms with E-state index in [-0.39, 0.29) is 6.61 Å². The number of hydrogen-bond donors (Lipinski definition) is 1. The van der Waals surface area contributed by atoms with E-state index in [1.807, 2.05) is 6.92 Å². The summed E-state index contributed by atoms with van der Waals surface area (Å²) in [6, 6.07) is 0. The Morgan fingerprint density at radius 2 is 2.56 bits per heavy atom. The second kappa shape index (κ2) is 5.50. The first kappa shape index (κ1) is 8.36. The molecule has 9 heavy (non-hydrogen) atoms. The summed E-state index contributed by atoms with van der Waals surface area (Å²) in [5.41, 5.74) is 0. The number of thiocarbonyl (C=S) groups is 1. The molecule has 0 aromatic carbocycles. The molecule has 0 aromatic heterocycles.